The smallest absolute Gasteiger partial charge is 0.124 e. The zero-order valence-corrected chi connectivity index (χ0v) is 12.6. The van der Waals surface area contributed by atoms with Crippen molar-refractivity contribution >= 4 is 0 Å². The molecule has 2 N–H and O–H groups in total. The first-order valence-corrected chi connectivity index (χ1v) is 7.34. The summed E-state index contributed by atoms with van der Waals surface area (Å²) in [5.74, 6) is 0.893. The molecule has 21 heavy (non-hydrogen) atoms. The fourth-order valence-corrected chi connectivity index (χ4v) is 2.23. The molecule has 1 atom stereocenters. The van der Waals surface area contributed by atoms with E-state index in [0.717, 1.165) is 16.9 Å². The van der Waals surface area contributed by atoms with Gasteiger partial charge >= 0.3 is 0 Å². The van der Waals surface area contributed by atoms with Gasteiger partial charge in [-0.3, -0.25) is 0 Å². The Morgan fingerprint density at radius 3 is 2.33 bits per heavy atom. The van der Waals surface area contributed by atoms with E-state index in [9.17, 15) is 5.11 Å². The van der Waals surface area contributed by atoms with Crippen LogP contribution >= 0.6 is 0 Å². The Balaban J connectivity index is 2.05. The molecule has 0 saturated heterocycles. The van der Waals surface area contributed by atoms with Crippen LogP contribution in [0, 0.1) is 0 Å². The van der Waals surface area contributed by atoms with Crippen molar-refractivity contribution in [2.24, 2.45) is 0 Å². The summed E-state index contributed by atoms with van der Waals surface area (Å²) in [5, 5.41) is 13.0. The number of nitrogens with one attached hydrogen (secondary N) is 1. The molecule has 0 aromatic heterocycles. The van der Waals surface area contributed by atoms with Gasteiger partial charge in [-0.1, -0.05) is 48.5 Å². The lowest BCUT2D eigenvalue weighted by Gasteiger charge is -2.19. The maximum atomic E-state index is 9.58. The van der Waals surface area contributed by atoms with Gasteiger partial charge in [0.15, 0.2) is 0 Å². The Morgan fingerprint density at radius 2 is 1.67 bits per heavy atom. The summed E-state index contributed by atoms with van der Waals surface area (Å²) >= 11 is 0. The number of hydrogen-bond donors (Lipinski definition) is 2. The van der Waals surface area contributed by atoms with Gasteiger partial charge in [-0.2, -0.15) is 0 Å². The predicted octanol–water partition coefficient (Wildman–Crippen LogP) is 3.30. The fourth-order valence-electron chi connectivity index (χ4n) is 2.23. The summed E-state index contributed by atoms with van der Waals surface area (Å²) in [6, 6.07) is 17.9. The zero-order valence-electron chi connectivity index (χ0n) is 12.6. The van der Waals surface area contributed by atoms with Crippen LogP contribution in [0.5, 0.6) is 5.75 Å². The van der Waals surface area contributed by atoms with Crippen molar-refractivity contribution in [3.8, 4) is 5.75 Å². The molecule has 0 bridgehead atoms. The van der Waals surface area contributed by atoms with E-state index in [-0.39, 0.29) is 18.8 Å². The second-order valence-corrected chi connectivity index (χ2v) is 5.30. The molecule has 0 spiro atoms. The normalized spacial score (nSPS) is 12.4. The van der Waals surface area contributed by atoms with Crippen molar-refractivity contribution in [2.45, 2.75) is 32.5 Å². The molecular weight excluding hydrogens is 262 g/mol. The van der Waals surface area contributed by atoms with Crippen molar-refractivity contribution in [3.05, 3.63) is 65.7 Å². The van der Waals surface area contributed by atoms with E-state index in [0.29, 0.717) is 6.54 Å². The molecule has 2 aromatic rings. The number of ether oxygens (including phenoxy) is 1. The third-order valence-electron chi connectivity index (χ3n) is 3.26. The Bertz CT molecular complexity index is 540. The highest BCUT2D eigenvalue weighted by atomic mass is 16.5. The topological polar surface area (TPSA) is 41.5 Å². The molecule has 112 valence electrons. The van der Waals surface area contributed by atoms with Gasteiger partial charge in [0.1, 0.15) is 5.75 Å². The lowest BCUT2D eigenvalue weighted by atomic mass is 10.1. The monoisotopic (exact) mass is 285 g/mol. The van der Waals surface area contributed by atoms with E-state index in [2.05, 4.69) is 5.32 Å². The van der Waals surface area contributed by atoms with E-state index >= 15 is 0 Å². The van der Waals surface area contributed by atoms with Crippen molar-refractivity contribution in [2.75, 3.05) is 6.61 Å². The summed E-state index contributed by atoms with van der Waals surface area (Å²) in [4.78, 5) is 0. The highest BCUT2D eigenvalue weighted by Crippen LogP contribution is 2.20. The first-order chi connectivity index (χ1) is 10.2. The van der Waals surface area contributed by atoms with Gasteiger partial charge in [-0.15, -0.1) is 0 Å². The lowest BCUT2D eigenvalue weighted by Crippen LogP contribution is -2.24. The van der Waals surface area contributed by atoms with Gasteiger partial charge in [0, 0.05) is 12.1 Å². The molecule has 0 fully saturated rings. The zero-order chi connectivity index (χ0) is 15.1. The van der Waals surface area contributed by atoms with Crippen molar-refractivity contribution in [3.63, 3.8) is 0 Å². The van der Waals surface area contributed by atoms with E-state index in [1.807, 2.05) is 68.4 Å². The van der Waals surface area contributed by atoms with Gasteiger partial charge in [-0.25, -0.2) is 0 Å². The van der Waals surface area contributed by atoms with E-state index in [1.54, 1.807) is 0 Å². The van der Waals surface area contributed by atoms with Crippen molar-refractivity contribution in [1.82, 2.24) is 5.32 Å². The summed E-state index contributed by atoms with van der Waals surface area (Å²) in [6.07, 6.45) is 0.147. The third-order valence-corrected chi connectivity index (χ3v) is 3.26. The quantitative estimate of drug-likeness (QED) is 0.820. The molecule has 0 saturated carbocycles. The minimum absolute atomic E-state index is 0.0667. The largest absolute Gasteiger partial charge is 0.491 e. The molecular formula is C18H23NO2. The van der Waals surface area contributed by atoms with Crippen molar-refractivity contribution < 1.29 is 9.84 Å². The van der Waals surface area contributed by atoms with Crippen LogP contribution < -0.4 is 10.1 Å². The second-order valence-electron chi connectivity index (χ2n) is 5.30. The summed E-state index contributed by atoms with van der Waals surface area (Å²) < 4.78 is 5.81. The van der Waals surface area contributed by atoms with Gasteiger partial charge in [0.25, 0.3) is 0 Å². The van der Waals surface area contributed by atoms with Crippen molar-refractivity contribution in [1.29, 1.82) is 0 Å². The van der Waals surface area contributed by atoms with Gasteiger partial charge < -0.3 is 15.2 Å². The van der Waals surface area contributed by atoms with E-state index < -0.39 is 0 Å². The molecule has 2 aromatic carbocycles. The molecule has 0 heterocycles. The summed E-state index contributed by atoms with van der Waals surface area (Å²) in [6.45, 7) is 4.76. The highest BCUT2D eigenvalue weighted by molar-refractivity contribution is 5.33. The molecule has 0 aliphatic heterocycles. The van der Waals surface area contributed by atoms with Gasteiger partial charge in [0.05, 0.1) is 18.8 Å². The molecule has 3 nitrogen and oxygen atoms in total. The third kappa shape index (κ3) is 4.59. The lowest BCUT2D eigenvalue weighted by molar-refractivity contribution is 0.232. The van der Waals surface area contributed by atoms with Crippen LogP contribution in [-0.2, 0) is 6.54 Å². The molecule has 0 aliphatic carbocycles. The van der Waals surface area contributed by atoms with Crippen LogP contribution in [-0.4, -0.2) is 17.8 Å². The number of rotatable bonds is 7. The minimum atomic E-state index is -0.0710. The Morgan fingerprint density at radius 1 is 1.00 bits per heavy atom. The van der Waals surface area contributed by atoms with Crippen LogP contribution in [0.4, 0.5) is 0 Å². The highest BCUT2D eigenvalue weighted by Gasteiger charge is 2.11. The van der Waals surface area contributed by atoms with Crippen LogP contribution in [0.25, 0.3) is 0 Å². The fraction of sp³-hybridized carbons (Fsp3) is 0.333. The SMILES string of the molecule is CC(C)Oc1ccccc1CN[C@H](CO)c1ccccc1. The summed E-state index contributed by atoms with van der Waals surface area (Å²) in [5.41, 5.74) is 2.18. The second kappa shape index (κ2) is 7.81. The number of hydrogen-bond acceptors (Lipinski definition) is 3. The maximum absolute atomic E-state index is 9.58. The first-order valence-electron chi connectivity index (χ1n) is 7.34. The molecule has 0 unspecified atom stereocenters. The average Bonchev–Trinajstić information content (AvgIpc) is 2.50. The van der Waals surface area contributed by atoms with Crippen LogP contribution in [0.1, 0.15) is 31.0 Å². The molecule has 2 rings (SSSR count). The number of para-hydroxylation sites is 1. The molecule has 3 heteroatoms. The van der Waals surface area contributed by atoms with Gasteiger partial charge in [-0.05, 0) is 25.5 Å². The minimum Gasteiger partial charge on any atom is -0.491 e. The molecule has 0 radical (unpaired) electrons. The summed E-state index contributed by atoms with van der Waals surface area (Å²) in [7, 11) is 0. The van der Waals surface area contributed by atoms with Crippen LogP contribution in [0.3, 0.4) is 0 Å². The Kier molecular flexibility index (Phi) is 5.78. The number of aliphatic hydroxyl groups is 1. The Labute approximate surface area is 126 Å². The van der Waals surface area contributed by atoms with Crippen LogP contribution in [0.2, 0.25) is 0 Å². The number of benzene rings is 2. The molecule has 0 amide bonds. The Hall–Kier alpha value is -1.84. The van der Waals surface area contributed by atoms with Crippen LogP contribution in [0.15, 0.2) is 54.6 Å². The van der Waals surface area contributed by atoms with E-state index in [1.165, 1.54) is 0 Å². The van der Waals surface area contributed by atoms with E-state index in [4.69, 9.17) is 4.74 Å². The molecule has 0 aliphatic rings. The number of aliphatic hydroxyl groups excluding tert-OH is 1. The first kappa shape index (κ1) is 15.5. The maximum Gasteiger partial charge on any atom is 0.124 e. The predicted molar refractivity (Wildman–Crippen MR) is 85.3 cm³/mol. The van der Waals surface area contributed by atoms with Gasteiger partial charge in [0.2, 0.25) is 0 Å². The average molecular weight is 285 g/mol. The standard InChI is InChI=1S/C18H23NO2/c1-14(2)21-18-11-7-6-10-16(18)12-19-17(13-20)15-8-4-3-5-9-15/h3-11,14,17,19-20H,12-13H2,1-2H3/t17-/m1/s1.